The fraction of sp³-hybridized carbons (Fsp3) is 0.0870. The van der Waals surface area contributed by atoms with Gasteiger partial charge in [-0.3, -0.25) is 19.5 Å². The van der Waals surface area contributed by atoms with Crippen molar-refractivity contribution in [3.63, 3.8) is 0 Å². The van der Waals surface area contributed by atoms with Gasteiger partial charge in [-0.05, 0) is 53.1 Å². The first kappa shape index (κ1) is 17.2. The van der Waals surface area contributed by atoms with E-state index in [9.17, 15) is 9.59 Å². The average molecular weight is 384 g/mol. The first-order valence-electron chi connectivity index (χ1n) is 9.16. The van der Waals surface area contributed by atoms with Crippen molar-refractivity contribution >= 4 is 23.5 Å². The van der Waals surface area contributed by atoms with Crippen molar-refractivity contribution in [1.29, 1.82) is 0 Å². The Hall–Kier alpha value is -3.93. The molecule has 0 radical (unpaired) electrons. The monoisotopic (exact) mass is 384 g/mol. The lowest BCUT2D eigenvalue weighted by Gasteiger charge is -2.28. The van der Waals surface area contributed by atoms with Crippen LogP contribution in [0.3, 0.4) is 0 Å². The van der Waals surface area contributed by atoms with Gasteiger partial charge in [-0.15, -0.1) is 0 Å². The summed E-state index contributed by atoms with van der Waals surface area (Å²) in [5.74, 6) is 0.638. The van der Waals surface area contributed by atoms with Crippen LogP contribution in [0.5, 0.6) is 11.5 Å². The summed E-state index contributed by atoms with van der Waals surface area (Å²) in [6, 6.07) is 16.2. The summed E-state index contributed by atoms with van der Waals surface area (Å²) < 4.78 is 10.7. The normalized spacial score (nSPS) is 16.3. The summed E-state index contributed by atoms with van der Waals surface area (Å²) in [7, 11) is 0. The van der Waals surface area contributed by atoms with E-state index in [1.165, 1.54) is 4.90 Å². The molecule has 3 heterocycles. The molecule has 0 saturated heterocycles. The molecule has 3 aromatic rings. The smallest absolute Gasteiger partial charge is 0.261 e. The van der Waals surface area contributed by atoms with Crippen molar-refractivity contribution < 1.29 is 19.1 Å². The molecule has 0 N–H and O–H groups in total. The van der Waals surface area contributed by atoms with Crippen LogP contribution >= 0.6 is 0 Å². The predicted molar refractivity (Wildman–Crippen MR) is 106 cm³/mol. The number of benzene rings is 2. The minimum atomic E-state index is -0.330. The fourth-order valence-corrected chi connectivity index (χ4v) is 3.53. The molecule has 6 heteroatoms. The summed E-state index contributed by atoms with van der Waals surface area (Å²) in [6.45, 7) is 0.322. The van der Waals surface area contributed by atoms with Crippen molar-refractivity contribution in [1.82, 2.24) is 9.88 Å². The third-order valence-electron chi connectivity index (χ3n) is 4.96. The maximum atomic E-state index is 13.3. The molecule has 0 fully saturated rings. The van der Waals surface area contributed by atoms with Crippen LogP contribution in [0.2, 0.25) is 0 Å². The maximum Gasteiger partial charge on any atom is 0.261 e. The Morgan fingerprint density at radius 1 is 0.897 bits per heavy atom. The van der Waals surface area contributed by atoms with E-state index in [1.54, 1.807) is 48.8 Å². The van der Waals surface area contributed by atoms with Gasteiger partial charge in [0.25, 0.3) is 11.8 Å². The van der Waals surface area contributed by atoms with Crippen LogP contribution in [0.4, 0.5) is 0 Å². The van der Waals surface area contributed by atoms with Gasteiger partial charge in [-0.2, -0.15) is 0 Å². The van der Waals surface area contributed by atoms with E-state index >= 15 is 0 Å². The molecule has 0 bridgehead atoms. The summed E-state index contributed by atoms with van der Waals surface area (Å²) in [5, 5.41) is 0. The number of amides is 2. The number of pyridine rings is 1. The second-order valence-electron chi connectivity index (χ2n) is 6.77. The van der Waals surface area contributed by atoms with Gasteiger partial charge >= 0.3 is 0 Å². The van der Waals surface area contributed by atoms with Crippen molar-refractivity contribution in [2.24, 2.45) is 0 Å². The number of imide groups is 1. The van der Waals surface area contributed by atoms with Gasteiger partial charge in [0.1, 0.15) is 0 Å². The minimum absolute atomic E-state index is 0.149. The number of rotatable bonds is 3. The first-order chi connectivity index (χ1) is 14.2. The largest absolute Gasteiger partial charge is 0.454 e. The highest BCUT2D eigenvalue weighted by Crippen LogP contribution is 2.35. The highest BCUT2D eigenvalue weighted by molar-refractivity contribution is 6.33. The summed E-state index contributed by atoms with van der Waals surface area (Å²) in [4.78, 5) is 31.7. The molecule has 1 aromatic heterocycles. The molecule has 29 heavy (non-hydrogen) atoms. The van der Waals surface area contributed by atoms with E-state index in [1.807, 2.05) is 24.3 Å². The molecule has 0 aliphatic carbocycles. The van der Waals surface area contributed by atoms with Gasteiger partial charge < -0.3 is 9.47 Å². The highest BCUT2D eigenvalue weighted by Gasteiger charge is 2.34. The van der Waals surface area contributed by atoms with E-state index in [-0.39, 0.29) is 25.2 Å². The Morgan fingerprint density at radius 2 is 1.66 bits per heavy atom. The lowest BCUT2D eigenvalue weighted by molar-refractivity contribution is -0.123. The number of fused-ring (bicyclic) bond motifs is 2. The number of carbonyl (C=O) groups excluding carboxylic acids is 2. The molecule has 2 aliphatic rings. The minimum Gasteiger partial charge on any atom is -0.454 e. The number of nitrogens with zero attached hydrogens (tertiary/aromatic N) is 2. The standard InChI is InChI=1S/C23H16N2O4/c26-22-18-4-2-1-3-17(18)19(11-15-7-9-24-10-8-15)23(27)25(22)13-16-5-6-20-21(12-16)29-14-28-20/h1-12H,13-14H2. The molecule has 0 atom stereocenters. The van der Waals surface area contributed by atoms with Crippen molar-refractivity contribution in [2.75, 3.05) is 6.79 Å². The van der Waals surface area contributed by atoms with Crippen LogP contribution in [-0.2, 0) is 11.3 Å². The molecule has 0 spiro atoms. The second-order valence-corrected chi connectivity index (χ2v) is 6.77. The molecule has 142 valence electrons. The molecule has 2 aliphatic heterocycles. The zero-order chi connectivity index (χ0) is 19.8. The Bertz CT molecular complexity index is 1150. The summed E-state index contributed by atoms with van der Waals surface area (Å²) in [5.41, 5.74) is 3.26. The summed E-state index contributed by atoms with van der Waals surface area (Å²) in [6.07, 6.45) is 5.13. The van der Waals surface area contributed by atoms with Crippen molar-refractivity contribution in [2.45, 2.75) is 6.54 Å². The summed E-state index contributed by atoms with van der Waals surface area (Å²) >= 11 is 0. The van der Waals surface area contributed by atoms with Gasteiger partial charge in [0.15, 0.2) is 11.5 Å². The van der Waals surface area contributed by atoms with Gasteiger partial charge in [-0.1, -0.05) is 24.3 Å². The predicted octanol–water partition coefficient (Wildman–Crippen LogP) is 3.53. The number of ether oxygens (including phenoxy) is 2. The van der Waals surface area contributed by atoms with E-state index in [2.05, 4.69) is 4.98 Å². The van der Waals surface area contributed by atoms with Crippen LogP contribution in [0.1, 0.15) is 27.0 Å². The van der Waals surface area contributed by atoms with Gasteiger partial charge in [0.2, 0.25) is 6.79 Å². The molecule has 6 nitrogen and oxygen atoms in total. The lowest BCUT2D eigenvalue weighted by atomic mass is 9.92. The van der Waals surface area contributed by atoms with Crippen LogP contribution in [0.25, 0.3) is 11.6 Å². The molecule has 0 saturated carbocycles. The Morgan fingerprint density at radius 3 is 2.48 bits per heavy atom. The number of aromatic nitrogens is 1. The van der Waals surface area contributed by atoms with Gasteiger partial charge in [0.05, 0.1) is 6.54 Å². The Kier molecular flexibility index (Phi) is 4.09. The van der Waals surface area contributed by atoms with E-state index < -0.39 is 0 Å². The Balaban J connectivity index is 1.56. The van der Waals surface area contributed by atoms with Crippen LogP contribution in [0, 0.1) is 0 Å². The molecular weight excluding hydrogens is 368 g/mol. The third kappa shape index (κ3) is 3.04. The van der Waals surface area contributed by atoms with Crippen LogP contribution in [0.15, 0.2) is 67.0 Å². The van der Waals surface area contributed by atoms with Gasteiger partial charge in [-0.25, -0.2) is 0 Å². The molecule has 2 aromatic carbocycles. The lowest BCUT2D eigenvalue weighted by Crippen LogP contribution is -2.41. The van der Waals surface area contributed by atoms with Crippen molar-refractivity contribution in [3.05, 3.63) is 89.2 Å². The Labute approximate surface area is 167 Å². The molecule has 0 unspecified atom stereocenters. The van der Waals surface area contributed by atoms with E-state index in [4.69, 9.17) is 9.47 Å². The van der Waals surface area contributed by atoms with E-state index in [0.717, 1.165) is 11.1 Å². The number of hydrogen-bond acceptors (Lipinski definition) is 5. The zero-order valence-corrected chi connectivity index (χ0v) is 15.4. The quantitative estimate of drug-likeness (QED) is 0.510. The van der Waals surface area contributed by atoms with Crippen LogP contribution in [-0.4, -0.2) is 28.5 Å². The average Bonchev–Trinajstić information content (AvgIpc) is 3.23. The first-order valence-corrected chi connectivity index (χ1v) is 9.16. The zero-order valence-electron chi connectivity index (χ0n) is 15.4. The molecule has 2 amide bonds. The molecular formula is C23H16N2O4. The fourth-order valence-electron chi connectivity index (χ4n) is 3.53. The highest BCUT2D eigenvalue weighted by atomic mass is 16.7. The van der Waals surface area contributed by atoms with Crippen LogP contribution < -0.4 is 9.47 Å². The number of carbonyl (C=O) groups is 2. The van der Waals surface area contributed by atoms with E-state index in [0.29, 0.717) is 28.2 Å². The number of hydrogen-bond donors (Lipinski definition) is 0. The molecule has 5 rings (SSSR count). The maximum absolute atomic E-state index is 13.3. The third-order valence-corrected chi connectivity index (χ3v) is 4.96. The van der Waals surface area contributed by atoms with Gasteiger partial charge in [0, 0.05) is 23.5 Å². The second kappa shape index (κ2) is 6.91. The van der Waals surface area contributed by atoms with Crippen molar-refractivity contribution in [3.8, 4) is 11.5 Å². The SMILES string of the molecule is O=C1C(=Cc2ccncc2)c2ccccc2C(=O)N1Cc1ccc2c(c1)OCO2. The topological polar surface area (TPSA) is 68.7 Å².